The van der Waals surface area contributed by atoms with Crippen LogP contribution in [0.15, 0.2) is 18.2 Å². The van der Waals surface area contributed by atoms with Gasteiger partial charge in [-0.3, -0.25) is 14.5 Å². The van der Waals surface area contributed by atoms with Crippen molar-refractivity contribution >= 4 is 17.8 Å². The first kappa shape index (κ1) is 19.0. The SMILES string of the molecule is COCCNC(=O)CN1C(=O)N[C@](C)(c2ccc3c(c2)OCCCO3)C1=O. The second-order valence-electron chi connectivity index (χ2n) is 6.50. The van der Waals surface area contributed by atoms with Crippen LogP contribution in [0.3, 0.4) is 0 Å². The molecule has 9 heteroatoms. The van der Waals surface area contributed by atoms with Crippen LogP contribution in [0.2, 0.25) is 0 Å². The van der Waals surface area contributed by atoms with E-state index in [9.17, 15) is 14.4 Å². The fraction of sp³-hybridized carbons (Fsp3) is 0.500. The third kappa shape index (κ3) is 3.82. The first-order valence-corrected chi connectivity index (χ1v) is 8.75. The Morgan fingerprint density at radius 2 is 2.04 bits per heavy atom. The average molecular weight is 377 g/mol. The van der Waals surface area contributed by atoms with Crippen molar-refractivity contribution in [3.63, 3.8) is 0 Å². The number of hydrogen-bond donors (Lipinski definition) is 2. The lowest BCUT2D eigenvalue weighted by atomic mass is 9.91. The van der Waals surface area contributed by atoms with Gasteiger partial charge in [0.25, 0.3) is 5.91 Å². The number of nitrogens with zero attached hydrogens (tertiary/aromatic N) is 1. The molecule has 1 aromatic rings. The van der Waals surface area contributed by atoms with E-state index in [1.807, 2.05) is 0 Å². The molecule has 0 aliphatic carbocycles. The molecule has 2 aliphatic rings. The van der Waals surface area contributed by atoms with Gasteiger partial charge in [0, 0.05) is 20.1 Å². The molecule has 2 heterocycles. The van der Waals surface area contributed by atoms with Crippen LogP contribution in [0.1, 0.15) is 18.9 Å². The van der Waals surface area contributed by atoms with E-state index >= 15 is 0 Å². The van der Waals surface area contributed by atoms with Gasteiger partial charge in [-0.25, -0.2) is 4.79 Å². The van der Waals surface area contributed by atoms with Crippen LogP contribution in [0.4, 0.5) is 4.79 Å². The lowest BCUT2D eigenvalue weighted by molar-refractivity contribution is -0.134. The Morgan fingerprint density at radius 1 is 1.30 bits per heavy atom. The highest BCUT2D eigenvalue weighted by Gasteiger charge is 2.49. The topological polar surface area (TPSA) is 106 Å². The van der Waals surface area contributed by atoms with Crippen LogP contribution in [-0.2, 0) is 19.9 Å². The molecule has 0 spiro atoms. The number of hydrogen-bond acceptors (Lipinski definition) is 6. The fourth-order valence-corrected chi connectivity index (χ4v) is 3.00. The van der Waals surface area contributed by atoms with Gasteiger partial charge in [0.05, 0.1) is 19.8 Å². The largest absolute Gasteiger partial charge is 0.490 e. The maximum atomic E-state index is 12.9. The van der Waals surface area contributed by atoms with Gasteiger partial charge in [0.2, 0.25) is 5.91 Å². The zero-order valence-corrected chi connectivity index (χ0v) is 15.4. The summed E-state index contributed by atoms with van der Waals surface area (Å²) in [6, 6.07) is 4.52. The maximum absolute atomic E-state index is 12.9. The second kappa shape index (κ2) is 7.83. The number of rotatable bonds is 6. The molecule has 0 saturated carbocycles. The normalized spacial score (nSPS) is 21.6. The van der Waals surface area contributed by atoms with Crippen molar-refractivity contribution in [1.29, 1.82) is 0 Å². The molecule has 2 N–H and O–H groups in total. The number of amides is 4. The smallest absolute Gasteiger partial charge is 0.325 e. The molecule has 0 aromatic heterocycles. The van der Waals surface area contributed by atoms with Crippen LogP contribution in [0, 0.1) is 0 Å². The van der Waals surface area contributed by atoms with E-state index in [4.69, 9.17) is 14.2 Å². The van der Waals surface area contributed by atoms with E-state index in [0.29, 0.717) is 43.4 Å². The molecule has 2 aliphatic heterocycles. The summed E-state index contributed by atoms with van der Waals surface area (Å²) in [5.41, 5.74) is -0.721. The van der Waals surface area contributed by atoms with Crippen LogP contribution in [0.5, 0.6) is 11.5 Å². The highest BCUT2D eigenvalue weighted by molar-refractivity contribution is 6.09. The molecule has 1 atom stereocenters. The van der Waals surface area contributed by atoms with Crippen LogP contribution < -0.4 is 20.1 Å². The Morgan fingerprint density at radius 3 is 2.78 bits per heavy atom. The van der Waals surface area contributed by atoms with Crippen molar-refractivity contribution in [2.75, 3.05) is 40.0 Å². The summed E-state index contributed by atoms with van der Waals surface area (Å²) in [6.45, 7) is 2.98. The van der Waals surface area contributed by atoms with Crippen molar-refractivity contribution in [2.24, 2.45) is 0 Å². The van der Waals surface area contributed by atoms with Crippen molar-refractivity contribution in [1.82, 2.24) is 15.5 Å². The van der Waals surface area contributed by atoms with Crippen molar-refractivity contribution < 1.29 is 28.6 Å². The van der Waals surface area contributed by atoms with E-state index in [0.717, 1.165) is 11.3 Å². The minimum absolute atomic E-state index is 0.304. The highest BCUT2D eigenvalue weighted by Crippen LogP contribution is 2.36. The van der Waals surface area contributed by atoms with Gasteiger partial charge in [-0.1, -0.05) is 6.07 Å². The summed E-state index contributed by atoms with van der Waals surface area (Å²) in [5.74, 6) is 0.206. The van der Waals surface area contributed by atoms with E-state index in [1.165, 1.54) is 7.11 Å². The van der Waals surface area contributed by atoms with Crippen LogP contribution >= 0.6 is 0 Å². The average Bonchev–Trinajstić information content (AvgIpc) is 2.83. The molecule has 0 bridgehead atoms. The number of benzene rings is 1. The third-order valence-corrected chi connectivity index (χ3v) is 4.53. The van der Waals surface area contributed by atoms with Crippen LogP contribution in [0.25, 0.3) is 0 Å². The number of ether oxygens (including phenoxy) is 3. The quantitative estimate of drug-likeness (QED) is 0.548. The molecule has 27 heavy (non-hydrogen) atoms. The van der Waals surface area contributed by atoms with Gasteiger partial charge in [-0.2, -0.15) is 0 Å². The van der Waals surface area contributed by atoms with Gasteiger partial charge < -0.3 is 24.8 Å². The van der Waals surface area contributed by atoms with Gasteiger partial charge in [-0.15, -0.1) is 0 Å². The van der Waals surface area contributed by atoms with Crippen LogP contribution in [-0.4, -0.2) is 62.8 Å². The predicted molar refractivity (Wildman–Crippen MR) is 94.5 cm³/mol. The lowest BCUT2D eigenvalue weighted by Crippen LogP contribution is -2.43. The summed E-state index contributed by atoms with van der Waals surface area (Å²) < 4.78 is 16.1. The first-order chi connectivity index (χ1) is 13.0. The Bertz CT molecular complexity index is 753. The van der Waals surface area contributed by atoms with E-state index in [1.54, 1.807) is 25.1 Å². The number of nitrogens with one attached hydrogen (secondary N) is 2. The molecule has 4 amide bonds. The molecule has 0 unspecified atom stereocenters. The predicted octanol–water partition coefficient (Wildman–Crippen LogP) is 0.378. The summed E-state index contributed by atoms with van der Waals surface area (Å²) >= 11 is 0. The Kier molecular flexibility index (Phi) is 5.50. The molecule has 9 nitrogen and oxygen atoms in total. The van der Waals surface area contributed by atoms with Crippen molar-refractivity contribution in [3.8, 4) is 11.5 Å². The molecule has 3 rings (SSSR count). The Labute approximate surface area is 156 Å². The highest BCUT2D eigenvalue weighted by atomic mass is 16.5. The Balaban J connectivity index is 1.76. The maximum Gasteiger partial charge on any atom is 0.325 e. The molecular weight excluding hydrogens is 354 g/mol. The van der Waals surface area contributed by atoms with Gasteiger partial charge in [0.15, 0.2) is 11.5 Å². The number of urea groups is 1. The van der Waals surface area contributed by atoms with Crippen molar-refractivity contribution in [3.05, 3.63) is 23.8 Å². The van der Waals surface area contributed by atoms with Gasteiger partial charge in [-0.05, 0) is 24.6 Å². The summed E-state index contributed by atoms with van der Waals surface area (Å²) in [5, 5.41) is 5.27. The number of carbonyl (C=O) groups is 3. The molecule has 1 fully saturated rings. The summed E-state index contributed by atoms with van der Waals surface area (Å²) in [6.07, 6.45) is 0.767. The summed E-state index contributed by atoms with van der Waals surface area (Å²) in [4.78, 5) is 38.1. The summed E-state index contributed by atoms with van der Waals surface area (Å²) in [7, 11) is 1.52. The van der Waals surface area contributed by atoms with Crippen molar-refractivity contribution in [2.45, 2.75) is 18.9 Å². The molecule has 1 aromatic carbocycles. The van der Waals surface area contributed by atoms with Gasteiger partial charge in [0.1, 0.15) is 12.1 Å². The molecule has 0 radical (unpaired) electrons. The zero-order chi connectivity index (χ0) is 19.4. The molecular formula is C18H23N3O6. The fourth-order valence-electron chi connectivity index (χ4n) is 3.00. The monoisotopic (exact) mass is 377 g/mol. The zero-order valence-electron chi connectivity index (χ0n) is 15.4. The lowest BCUT2D eigenvalue weighted by Gasteiger charge is -2.23. The van der Waals surface area contributed by atoms with Gasteiger partial charge >= 0.3 is 6.03 Å². The Hall–Kier alpha value is -2.81. The minimum atomic E-state index is -1.28. The minimum Gasteiger partial charge on any atom is -0.490 e. The number of fused-ring (bicyclic) bond motifs is 1. The van der Waals surface area contributed by atoms with E-state index in [2.05, 4.69) is 10.6 Å². The molecule has 146 valence electrons. The van der Waals surface area contributed by atoms with E-state index in [-0.39, 0.29) is 6.54 Å². The standard InChI is InChI=1S/C18H23N3O6/c1-18(12-4-5-13-14(10-12)27-8-3-7-26-13)16(23)21(17(24)20-18)11-15(22)19-6-9-25-2/h4-5,10H,3,6-9,11H2,1-2H3,(H,19,22)(H,20,24)/t18-/m1/s1. The second-order valence-corrected chi connectivity index (χ2v) is 6.50. The number of imide groups is 1. The number of carbonyl (C=O) groups excluding carboxylic acids is 3. The first-order valence-electron chi connectivity index (χ1n) is 8.75. The number of methoxy groups -OCH3 is 1. The third-order valence-electron chi connectivity index (χ3n) is 4.53. The van der Waals surface area contributed by atoms with E-state index < -0.39 is 23.4 Å². The molecule has 1 saturated heterocycles.